The number of hydrogen-bond donors (Lipinski definition) is 1. The van der Waals surface area contributed by atoms with Gasteiger partial charge in [-0.25, -0.2) is 13.4 Å². The largest absolute Gasteiger partial charge is 0.468 e. The van der Waals surface area contributed by atoms with Gasteiger partial charge in [0.05, 0.1) is 19.4 Å². The van der Waals surface area contributed by atoms with Crippen molar-refractivity contribution < 1.29 is 17.6 Å². The standard InChI is InChI=1S/C20H24ClN3O4S/c21-19-9-8-18(13-23-19)29(26,27)24(14-17-7-4-12-28-17)15-20(25)22-11-10-16-5-2-1-3-6-16/h4-5,7-9,12-13H,1-3,6,10-11,14-15H2,(H,22,25). The minimum absolute atomic E-state index is 0.0337. The number of nitrogens with one attached hydrogen (secondary N) is 1. The van der Waals surface area contributed by atoms with Gasteiger partial charge in [0, 0.05) is 12.7 Å². The van der Waals surface area contributed by atoms with E-state index < -0.39 is 10.0 Å². The molecule has 7 nitrogen and oxygen atoms in total. The van der Waals surface area contributed by atoms with Crippen LogP contribution in [0.15, 0.2) is 57.7 Å². The Balaban J connectivity index is 1.67. The molecule has 0 fully saturated rings. The van der Waals surface area contributed by atoms with E-state index in [2.05, 4.69) is 16.4 Å². The number of pyridine rings is 1. The maximum Gasteiger partial charge on any atom is 0.245 e. The SMILES string of the molecule is O=C(CN(Cc1ccco1)S(=O)(=O)c1ccc(Cl)nc1)NCCC1=CCCCC1. The highest BCUT2D eigenvalue weighted by molar-refractivity contribution is 7.89. The lowest BCUT2D eigenvalue weighted by atomic mass is 9.97. The van der Waals surface area contributed by atoms with E-state index in [1.54, 1.807) is 12.1 Å². The van der Waals surface area contributed by atoms with Crippen LogP contribution in [0, 0.1) is 0 Å². The summed E-state index contributed by atoms with van der Waals surface area (Å²) in [5.41, 5.74) is 1.35. The first-order valence-electron chi connectivity index (χ1n) is 9.54. The summed E-state index contributed by atoms with van der Waals surface area (Å²) >= 11 is 5.76. The molecule has 1 N–H and O–H groups in total. The van der Waals surface area contributed by atoms with E-state index in [0.717, 1.165) is 23.6 Å². The minimum atomic E-state index is -3.95. The lowest BCUT2D eigenvalue weighted by molar-refractivity contribution is -0.121. The maximum atomic E-state index is 13.0. The third-order valence-electron chi connectivity index (χ3n) is 4.72. The molecule has 0 unspecified atom stereocenters. The minimum Gasteiger partial charge on any atom is -0.468 e. The second-order valence-electron chi connectivity index (χ2n) is 6.88. The number of furan rings is 1. The van der Waals surface area contributed by atoms with E-state index in [1.165, 1.54) is 43.0 Å². The Morgan fingerprint density at radius 3 is 2.79 bits per heavy atom. The Hall–Kier alpha value is -2.16. The van der Waals surface area contributed by atoms with Crippen molar-refractivity contribution in [2.75, 3.05) is 13.1 Å². The van der Waals surface area contributed by atoms with Gasteiger partial charge >= 0.3 is 0 Å². The van der Waals surface area contributed by atoms with Gasteiger partial charge in [-0.2, -0.15) is 4.31 Å². The van der Waals surface area contributed by atoms with E-state index in [9.17, 15) is 13.2 Å². The van der Waals surface area contributed by atoms with Gasteiger partial charge in [-0.3, -0.25) is 4.79 Å². The molecule has 2 aromatic rings. The van der Waals surface area contributed by atoms with Crippen molar-refractivity contribution in [1.29, 1.82) is 0 Å². The van der Waals surface area contributed by atoms with Gasteiger partial charge in [-0.05, 0) is 56.4 Å². The molecule has 0 spiro atoms. The fraction of sp³-hybridized carbons (Fsp3) is 0.400. The number of nitrogens with zero attached hydrogens (tertiary/aromatic N) is 2. The molecule has 1 aliphatic carbocycles. The molecule has 0 saturated carbocycles. The van der Waals surface area contributed by atoms with Gasteiger partial charge < -0.3 is 9.73 Å². The van der Waals surface area contributed by atoms with Crippen molar-refractivity contribution in [2.24, 2.45) is 0 Å². The summed E-state index contributed by atoms with van der Waals surface area (Å²) in [5, 5.41) is 3.01. The van der Waals surface area contributed by atoms with Crippen LogP contribution in [0.2, 0.25) is 5.15 Å². The summed E-state index contributed by atoms with van der Waals surface area (Å²) in [6.45, 7) is 0.114. The Morgan fingerprint density at radius 1 is 1.28 bits per heavy atom. The topological polar surface area (TPSA) is 92.5 Å². The van der Waals surface area contributed by atoms with Crippen LogP contribution < -0.4 is 5.32 Å². The summed E-state index contributed by atoms with van der Waals surface area (Å²) in [6, 6.07) is 6.10. The average Bonchev–Trinajstić information content (AvgIpc) is 3.22. The molecule has 9 heteroatoms. The number of amides is 1. The van der Waals surface area contributed by atoms with Crippen LogP contribution in [-0.4, -0.2) is 36.7 Å². The molecule has 0 aliphatic heterocycles. The summed E-state index contributed by atoms with van der Waals surface area (Å²) in [5.74, 6) is 0.0779. The number of aromatic nitrogens is 1. The zero-order chi connectivity index (χ0) is 20.7. The molecular weight excluding hydrogens is 414 g/mol. The quantitative estimate of drug-likeness (QED) is 0.478. The van der Waals surface area contributed by atoms with Crippen LogP contribution >= 0.6 is 11.6 Å². The van der Waals surface area contributed by atoms with Crippen molar-refractivity contribution in [3.05, 3.63) is 59.3 Å². The predicted molar refractivity (Wildman–Crippen MR) is 110 cm³/mol. The summed E-state index contributed by atoms with van der Waals surface area (Å²) in [4.78, 5) is 16.3. The zero-order valence-electron chi connectivity index (χ0n) is 16.0. The van der Waals surface area contributed by atoms with Crippen molar-refractivity contribution in [2.45, 2.75) is 43.5 Å². The second-order valence-corrected chi connectivity index (χ2v) is 9.20. The fourth-order valence-electron chi connectivity index (χ4n) is 3.18. The summed E-state index contributed by atoms with van der Waals surface area (Å²) in [6.07, 6.45) is 10.2. The predicted octanol–water partition coefficient (Wildman–Crippen LogP) is 3.53. The highest BCUT2D eigenvalue weighted by Gasteiger charge is 2.28. The molecule has 2 heterocycles. The lowest BCUT2D eigenvalue weighted by Crippen LogP contribution is -2.40. The highest BCUT2D eigenvalue weighted by atomic mass is 35.5. The number of halogens is 1. The van der Waals surface area contributed by atoms with Crippen LogP contribution in [0.1, 0.15) is 37.9 Å². The molecule has 0 atom stereocenters. The lowest BCUT2D eigenvalue weighted by Gasteiger charge is -2.21. The van der Waals surface area contributed by atoms with Gasteiger partial charge in [-0.15, -0.1) is 0 Å². The van der Waals surface area contributed by atoms with Crippen molar-refractivity contribution in [1.82, 2.24) is 14.6 Å². The Morgan fingerprint density at radius 2 is 2.14 bits per heavy atom. The molecule has 1 amide bonds. The molecule has 156 valence electrons. The Labute approximate surface area is 175 Å². The van der Waals surface area contributed by atoms with Crippen molar-refractivity contribution in [3.63, 3.8) is 0 Å². The first-order chi connectivity index (χ1) is 13.9. The molecule has 29 heavy (non-hydrogen) atoms. The van der Waals surface area contributed by atoms with Crippen molar-refractivity contribution >= 4 is 27.5 Å². The van der Waals surface area contributed by atoms with Crippen LogP contribution in [0.5, 0.6) is 0 Å². The first-order valence-corrected chi connectivity index (χ1v) is 11.4. The molecule has 1 aliphatic rings. The number of carbonyl (C=O) groups excluding carboxylic acids is 1. The molecule has 2 aromatic heterocycles. The van der Waals surface area contributed by atoms with Gasteiger partial charge in [0.2, 0.25) is 15.9 Å². The number of hydrogen-bond acceptors (Lipinski definition) is 5. The number of allylic oxidation sites excluding steroid dienone is 1. The van der Waals surface area contributed by atoms with Crippen LogP contribution in [0.4, 0.5) is 0 Å². The molecule has 0 radical (unpaired) electrons. The highest BCUT2D eigenvalue weighted by Crippen LogP contribution is 2.20. The number of sulfonamides is 1. The normalized spacial score (nSPS) is 14.6. The number of rotatable bonds is 9. The van der Waals surface area contributed by atoms with E-state index >= 15 is 0 Å². The van der Waals surface area contributed by atoms with Crippen molar-refractivity contribution in [3.8, 4) is 0 Å². The summed E-state index contributed by atoms with van der Waals surface area (Å²) in [7, 11) is -3.95. The third kappa shape index (κ3) is 6.16. The number of carbonyl (C=O) groups is 1. The fourth-order valence-corrected chi connectivity index (χ4v) is 4.60. The zero-order valence-corrected chi connectivity index (χ0v) is 17.6. The third-order valence-corrected chi connectivity index (χ3v) is 6.72. The van der Waals surface area contributed by atoms with E-state index in [-0.39, 0.29) is 29.0 Å². The van der Waals surface area contributed by atoms with Crippen LogP contribution in [0.3, 0.4) is 0 Å². The Bertz CT molecular complexity index is 941. The van der Waals surface area contributed by atoms with Gasteiger partial charge in [-0.1, -0.05) is 23.3 Å². The van der Waals surface area contributed by atoms with Gasteiger partial charge in [0.15, 0.2) is 0 Å². The molecule has 0 saturated heterocycles. The molecule has 3 rings (SSSR count). The van der Waals surface area contributed by atoms with E-state index in [1.807, 2.05) is 0 Å². The smallest absolute Gasteiger partial charge is 0.245 e. The average molecular weight is 438 g/mol. The molecular formula is C20H24ClN3O4S. The second kappa shape index (κ2) is 10.0. The molecule has 0 bridgehead atoms. The first kappa shape index (κ1) is 21.5. The summed E-state index contributed by atoms with van der Waals surface area (Å²) < 4.78 is 32.4. The van der Waals surface area contributed by atoms with Gasteiger partial charge in [0.25, 0.3) is 0 Å². The van der Waals surface area contributed by atoms with E-state index in [4.69, 9.17) is 16.0 Å². The van der Waals surface area contributed by atoms with Crippen LogP contribution in [0.25, 0.3) is 0 Å². The Kier molecular flexibility index (Phi) is 7.46. The van der Waals surface area contributed by atoms with E-state index in [0.29, 0.717) is 12.3 Å². The van der Waals surface area contributed by atoms with Gasteiger partial charge in [0.1, 0.15) is 15.8 Å². The molecule has 0 aromatic carbocycles. The monoisotopic (exact) mass is 437 g/mol. The van der Waals surface area contributed by atoms with Crippen LogP contribution in [-0.2, 0) is 21.4 Å². The maximum absolute atomic E-state index is 13.0.